The molecule has 1 aromatic rings. The zero-order valence-corrected chi connectivity index (χ0v) is 8.25. The van der Waals surface area contributed by atoms with Crippen molar-refractivity contribution in [3.8, 4) is 0 Å². The van der Waals surface area contributed by atoms with E-state index in [2.05, 4.69) is 26.0 Å². The predicted molar refractivity (Wildman–Crippen MR) is 47.2 cm³/mol. The van der Waals surface area contributed by atoms with Crippen molar-refractivity contribution in [3.05, 3.63) is 25.4 Å². The standard InChI is InChI=1S/C6H8BrN3O2/c1-3(2)10-6(12)8-5(11)4(7)9-10/h3H,1-2H3,(H,8,11,12). The number of halogens is 1. The van der Waals surface area contributed by atoms with Gasteiger partial charge in [-0.25, -0.2) is 9.48 Å². The summed E-state index contributed by atoms with van der Waals surface area (Å²) in [6.45, 7) is 3.61. The fourth-order valence-corrected chi connectivity index (χ4v) is 1.01. The summed E-state index contributed by atoms with van der Waals surface area (Å²) in [5, 5.41) is 3.75. The molecular formula is C6H8BrN3O2. The highest BCUT2D eigenvalue weighted by Gasteiger charge is 2.05. The fourth-order valence-electron chi connectivity index (χ4n) is 0.741. The lowest BCUT2D eigenvalue weighted by Crippen LogP contribution is -2.33. The van der Waals surface area contributed by atoms with Crippen LogP contribution in [0.4, 0.5) is 0 Å². The van der Waals surface area contributed by atoms with E-state index in [4.69, 9.17) is 0 Å². The van der Waals surface area contributed by atoms with Crippen LogP contribution < -0.4 is 11.2 Å². The molecule has 0 bridgehead atoms. The van der Waals surface area contributed by atoms with Crippen LogP contribution in [0.1, 0.15) is 19.9 Å². The molecule has 0 saturated heterocycles. The number of hydrogen-bond donors (Lipinski definition) is 1. The Morgan fingerprint density at radius 3 is 2.58 bits per heavy atom. The molecule has 12 heavy (non-hydrogen) atoms. The van der Waals surface area contributed by atoms with Crippen LogP contribution in [0, 0.1) is 0 Å². The molecule has 0 atom stereocenters. The maximum Gasteiger partial charge on any atom is 0.345 e. The second kappa shape index (κ2) is 3.22. The van der Waals surface area contributed by atoms with Gasteiger partial charge in [0.05, 0.1) is 6.04 Å². The van der Waals surface area contributed by atoms with Gasteiger partial charge >= 0.3 is 5.69 Å². The average Bonchev–Trinajstić information content (AvgIpc) is 1.96. The van der Waals surface area contributed by atoms with Crippen molar-refractivity contribution in [1.82, 2.24) is 14.8 Å². The van der Waals surface area contributed by atoms with E-state index in [1.54, 1.807) is 13.8 Å². The Labute approximate surface area is 76.6 Å². The Kier molecular flexibility index (Phi) is 2.46. The van der Waals surface area contributed by atoms with Crippen LogP contribution in [0.3, 0.4) is 0 Å². The quantitative estimate of drug-likeness (QED) is 0.758. The normalized spacial score (nSPS) is 10.7. The van der Waals surface area contributed by atoms with Crippen molar-refractivity contribution in [2.24, 2.45) is 0 Å². The second-order valence-corrected chi connectivity index (χ2v) is 3.34. The fraction of sp³-hybridized carbons (Fsp3) is 0.500. The largest absolute Gasteiger partial charge is 0.345 e. The van der Waals surface area contributed by atoms with Crippen molar-refractivity contribution in [2.75, 3.05) is 0 Å². The summed E-state index contributed by atoms with van der Waals surface area (Å²) >= 11 is 2.93. The Balaban J connectivity index is 3.44. The SMILES string of the molecule is CC(C)n1nc(Br)c(=O)[nH]c1=O. The summed E-state index contributed by atoms with van der Waals surface area (Å²) in [6, 6.07) is -0.0642. The zero-order valence-electron chi connectivity index (χ0n) is 6.67. The molecule has 66 valence electrons. The Hall–Kier alpha value is -0.910. The molecule has 0 aliphatic heterocycles. The van der Waals surface area contributed by atoms with E-state index in [1.165, 1.54) is 4.68 Å². The summed E-state index contributed by atoms with van der Waals surface area (Å²) < 4.78 is 1.32. The van der Waals surface area contributed by atoms with Gasteiger partial charge in [0.15, 0.2) is 4.60 Å². The molecule has 0 aliphatic carbocycles. The third-order valence-electron chi connectivity index (χ3n) is 1.30. The average molecular weight is 234 g/mol. The van der Waals surface area contributed by atoms with Gasteiger partial charge in [0, 0.05) is 0 Å². The van der Waals surface area contributed by atoms with Crippen LogP contribution in [-0.2, 0) is 0 Å². The minimum Gasteiger partial charge on any atom is -0.270 e. The second-order valence-electron chi connectivity index (χ2n) is 2.59. The number of rotatable bonds is 1. The Morgan fingerprint density at radius 2 is 2.08 bits per heavy atom. The molecule has 5 nitrogen and oxygen atoms in total. The highest BCUT2D eigenvalue weighted by molar-refractivity contribution is 9.10. The third kappa shape index (κ3) is 1.63. The van der Waals surface area contributed by atoms with E-state index in [0.29, 0.717) is 0 Å². The first kappa shape index (κ1) is 9.18. The van der Waals surface area contributed by atoms with Crippen molar-refractivity contribution in [1.29, 1.82) is 0 Å². The monoisotopic (exact) mass is 233 g/mol. The lowest BCUT2D eigenvalue weighted by Gasteiger charge is -2.05. The minimum absolute atomic E-state index is 0.0642. The van der Waals surface area contributed by atoms with Gasteiger partial charge in [-0.2, -0.15) is 5.10 Å². The van der Waals surface area contributed by atoms with E-state index in [9.17, 15) is 9.59 Å². The summed E-state index contributed by atoms with van der Waals surface area (Å²) in [4.78, 5) is 24.0. The summed E-state index contributed by atoms with van der Waals surface area (Å²) in [6.07, 6.45) is 0. The number of nitrogens with one attached hydrogen (secondary N) is 1. The molecule has 1 rings (SSSR count). The maximum atomic E-state index is 11.1. The first-order valence-corrected chi connectivity index (χ1v) is 4.20. The summed E-state index contributed by atoms with van der Waals surface area (Å²) in [7, 11) is 0. The maximum absolute atomic E-state index is 11.1. The van der Waals surface area contributed by atoms with Crippen molar-refractivity contribution in [2.45, 2.75) is 19.9 Å². The molecule has 0 fully saturated rings. The number of hydrogen-bond acceptors (Lipinski definition) is 3. The molecule has 0 spiro atoms. The first-order chi connectivity index (χ1) is 5.52. The van der Waals surface area contributed by atoms with Gasteiger partial charge in [-0.1, -0.05) is 0 Å². The Morgan fingerprint density at radius 1 is 1.50 bits per heavy atom. The van der Waals surface area contributed by atoms with E-state index in [0.717, 1.165) is 0 Å². The molecule has 0 unspecified atom stereocenters. The van der Waals surface area contributed by atoms with Crippen LogP contribution in [0.25, 0.3) is 0 Å². The van der Waals surface area contributed by atoms with Gasteiger partial charge in [-0.15, -0.1) is 0 Å². The highest BCUT2D eigenvalue weighted by atomic mass is 79.9. The minimum atomic E-state index is -0.503. The molecule has 6 heteroatoms. The number of aromatic amines is 1. The van der Waals surface area contributed by atoms with Crippen LogP contribution in [-0.4, -0.2) is 14.8 Å². The molecule has 1 N–H and O–H groups in total. The van der Waals surface area contributed by atoms with Crippen LogP contribution in [0.15, 0.2) is 14.2 Å². The summed E-state index contributed by atoms with van der Waals surface area (Å²) in [5.74, 6) is 0. The molecular weight excluding hydrogens is 226 g/mol. The lowest BCUT2D eigenvalue weighted by molar-refractivity contribution is 0.480. The van der Waals surface area contributed by atoms with Crippen molar-refractivity contribution < 1.29 is 0 Å². The predicted octanol–water partition coefficient (Wildman–Crippen LogP) is 0.275. The van der Waals surface area contributed by atoms with Gasteiger partial charge in [0.2, 0.25) is 0 Å². The number of H-pyrrole nitrogens is 1. The van der Waals surface area contributed by atoms with Crippen molar-refractivity contribution in [3.63, 3.8) is 0 Å². The molecule has 1 aromatic heterocycles. The van der Waals surface area contributed by atoms with Crippen LogP contribution >= 0.6 is 15.9 Å². The molecule has 0 amide bonds. The number of aromatic nitrogens is 3. The van der Waals surface area contributed by atoms with E-state index in [-0.39, 0.29) is 10.6 Å². The van der Waals surface area contributed by atoms with Gasteiger partial charge < -0.3 is 0 Å². The van der Waals surface area contributed by atoms with Gasteiger partial charge in [-0.3, -0.25) is 9.78 Å². The smallest absolute Gasteiger partial charge is 0.270 e. The van der Waals surface area contributed by atoms with E-state index in [1.807, 2.05) is 0 Å². The van der Waals surface area contributed by atoms with Crippen LogP contribution in [0.5, 0.6) is 0 Å². The van der Waals surface area contributed by atoms with Gasteiger partial charge in [0.25, 0.3) is 5.56 Å². The molecule has 0 aliphatic rings. The Bertz CT molecular complexity index is 393. The third-order valence-corrected chi connectivity index (χ3v) is 1.82. The molecule has 0 radical (unpaired) electrons. The summed E-state index contributed by atoms with van der Waals surface area (Å²) in [5.41, 5.74) is -0.991. The highest BCUT2D eigenvalue weighted by Crippen LogP contribution is 1.98. The topological polar surface area (TPSA) is 67.8 Å². The molecule has 1 heterocycles. The van der Waals surface area contributed by atoms with E-state index < -0.39 is 11.2 Å². The lowest BCUT2D eigenvalue weighted by atomic mass is 10.4. The van der Waals surface area contributed by atoms with Crippen molar-refractivity contribution >= 4 is 15.9 Å². The van der Waals surface area contributed by atoms with E-state index >= 15 is 0 Å². The van der Waals surface area contributed by atoms with Crippen LogP contribution in [0.2, 0.25) is 0 Å². The first-order valence-electron chi connectivity index (χ1n) is 3.41. The molecule has 0 aromatic carbocycles. The van der Waals surface area contributed by atoms with Gasteiger partial charge in [0.1, 0.15) is 0 Å². The molecule has 0 saturated carbocycles. The zero-order chi connectivity index (χ0) is 9.30. The van der Waals surface area contributed by atoms with Gasteiger partial charge in [-0.05, 0) is 29.8 Å². The number of nitrogens with zero attached hydrogens (tertiary/aromatic N) is 2.